The van der Waals surface area contributed by atoms with Crippen molar-refractivity contribution < 1.29 is 4.70 Å². The van der Waals surface area contributed by atoms with Gasteiger partial charge in [-0.25, -0.2) is 4.70 Å². The van der Waals surface area contributed by atoms with E-state index in [-0.39, 0.29) is 0 Å². The Bertz CT molecular complexity index is 1450. The molecule has 0 N–H and O–H groups in total. The summed E-state index contributed by atoms with van der Waals surface area (Å²) in [5.41, 5.74) is 29.9. The lowest BCUT2D eigenvalue weighted by Crippen LogP contribution is -2.09. The normalized spacial score (nSPS) is 13.2. The maximum absolute atomic E-state index is 12.9. The summed E-state index contributed by atoms with van der Waals surface area (Å²) < 4.78 is 1.73. The highest BCUT2D eigenvalue weighted by Crippen LogP contribution is 2.46. The molecule has 1 heterocycles. The van der Waals surface area contributed by atoms with Gasteiger partial charge in [-0.2, -0.15) is 0 Å². The van der Waals surface area contributed by atoms with Crippen molar-refractivity contribution in [3.63, 3.8) is 0 Å². The fourth-order valence-corrected chi connectivity index (χ4v) is 9.53. The van der Waals surface area contributed by atoms with Crippen LogP contribution in [0.1, 0.15) is 254 Å². The highest BCUT2D eigenvalue weighted by atomic mass is 15.2. The minimum Gasteiger partial charge on any atom is -0.493 e. The zero-order chi connectivity index (χ0) is 40.5. The zero-order valence-corrected chi connectivity index (χ0v) is 38.4. The molecular formula is C54H88N2. The standard InChI is InChI=1S/C54H88N2/c1-9-17-21-25-26-30-38-52-51(37-29-24-20-12-4)53(47-39-43(31-13-5)49(35-27-22-18-10-2)44(40-47)32-14-6)56(55)54(52)48-41-45(33-15-7)50(36-28-23-19-11-3)46(42-48)34-16-8/h39-42H,9-38H2,1-8H3. The van der Waals surface area contributed by atoms with E-state index < -0.39 is 0 Å². The number of nitrogens with zero attached hydrogens (tertiary/aromatic N) is 2. The summed E-state index contributed by atoms with van der Waals surface area (Å²) in [6.45, 7) is 18.6. The van der Waals surface area contributed by atoms with E-state index in [0.717, 1.165) is 75.6 Å². The zero-order valence-electron chi connectivity index (χ0n) is 38.4. The number of aryl methyl sites for hydroxylation is 4. The van der Waals surface area contributed by atoms with Crippen LogP contribution in [0.3, 0.4) is 0 Å². The van der Waals surface area contributed by atoms with Crippen molar-refractivity contribution >= 4 is 11.4 Å². The topological polar surface area (TPSA) is 25.3 Å². The molecule has 2 aromatic carbocycles. The molecule has 0 spiro atoms. The van der Waals surface area contributed by atoms with Crippen LogP contribution in [-0.2, 0) is 38.5 Å². The number of allylic oxidation sites excluding steroid dienone is 2. The molecule has 3 rings (SSSR count). The van der Waals surface area contributed by atoms with E-state index in [1.165, 1.54) is 173 Å². The van der Waals surface area contributed by atoms with Crippen LogP contribution >= 0.6 is 0 Å². The summed E-state index contributed by atoms with van der Waals surface area (Å²) in [6, 6.07) is 10.1. The SMILES string of the molecule is CCCCCCCCC1=C(c2cc(CCC)c(CCCCCC)c(CCC)c2)[N+](=[N-])C(c2cc(CCC)c(CCCCCC)c(CCC)c2)=C1CCCCCC. The number of rotatable bonds is 32. The fraction of sp³-hybridized carbons (Fsp3) is 0.704. The number of unbranched alkanes of at least 4 members (excludes halogenated alkanes) is 14. The van der Waals surface area contributed by atoms with Crippen LogP contribution in [0.4, 0.5) is 0 Å². The van der Waals surface area contributed by atoms with Crippen LogP contribution in [0.15, 0.2) is 35.4 Å². The molecule has 2 aromatic rings. The number of hydrogen-bond acceptors (Lipinski definition) is 0. The third-order valence-electron chi connectivity index (χ3n) is 12.5. The first-order chi connectivity index (χ1) is 27.4. The van der Waals surface area contributed by atoms with Crippen molar-refractivity contribution in [2.24, 2.45) is 0 Å². The van der Waals surface area contributed by atoms with Crippen molar-refractivity contribution in [1.82, 2.24) is 0 Å². The predicted molar refractivity (Wildman–Crippen MR) is 249 cm³/mol. The van der Waals surface area contributed by atoms with Gasteiger partial charge in [-0.15, -0.1) is 0 Å². The smallest absolute Gasteiger partial charge is 0.211 e. The van der Waals surface area contributed by atoms with E-state index in [2.05, 4.69) is 79.7 Å². The molecule has 2 heteroatoms. The van der Waals surface area contributed by atoms with E-state index in [0.29, 0.717) is 0 Å². The van der Waals surface area contributed by atoms with E-state index in [9.17, 15) is 5.53 Å². The number of benzene rings is 2. The minimum atomic E-state index is 1.05. The van der Waals surface area contributed by atoms with E-state index >= 15 is 0 Å². The fourth-order valence-electron chi connectivity index (χ4n) is 9.53. The largest absolute Gasteiger partial charge is 0.493 e. The van der Waals surface area contributed by atoms with Gasteiger partial charge in [0.2, 0.25) is 11.4 Å². The van der Waals surface area contributed by atoms with Crippen LogP contribution < -0.4 is 0 Å². The lowest BCUT2D eigenvalue weighted by Gasteiger charge is -2.19. The summed E-state index contributed by atoms with van der Waals surface area (Å²) in [6.07, 6.45) is 36.7. The quantitative estimate of drug-likeness (QED) is 0.0524. The molecule has 1 aliphatic rings. The van der Waals surface area contributed by atoms with Gasteiger partial charge in [-0.1, -0.05) is 171 Å². The van der Waals surface area contributed by atoms with Crippen molar-refractivity contribution in [2.45, 2.75) is 248 Å². The molecule has 0 saturated carbocycles. The van der Waals surface area contributed by atoms with Crippen molar-refractivity contribution in [1.29, 1.82) is 0 Å². The highest BCUT2D eigenvalue weighted by Gasteiger charge is 2.36. The van der Waals surface area contributed by atoms with Gasteiger partial charge >= 0.3 is 0 Å². The van der Waals surface area contributed by atoms with Crippen LogP contribution in [0, 0.1) is 0 Å². The Balaban J connectivity index is 2.29. The molecule has 0 radical (unpaired) electrons. The van der Waals surface area contributed by atoms with Crippen LogP contribution in [0.25, 0.3) is 16.9 Å². The first-order valence-electron chi connectivity index (χ1n) is 24.7. The minimum absolute atomic E-state index is 1.05. The van der Waals surface area contributed by atoms with Crippen molar-refractivity contribution in [3.8, 4) is 0 Å². The van der Waals surface area contributed by atoms with Gasteiger partial charge in [0.25, 0.3) is 0 Å². The molecular weight excluding hydrogens is 677 g/mol. The monoisotopic (exact) mass is 765 g/mol. The Hall–Kier alpha value is -2.48. The van der Waals surface area contributed by atoms with Gasteiger partial charge in [0.1, 0.15) is 0 Å². The Labute approximate surface area is 348 Å². The first-order valence-corrected chi connectivity index (χ1v) is 24.7. The second kappa shape index (κ2) is 28.0. The molecule has 0 aromatic heterocycles. The number of hydrogen-bond donors (Lipinski definition) is 0. The van der Waals surface area contributed by atoms with Gasteiger partial charge in [0.05, 0.1) is 0 Å². The molecule has 1 aliphatic heterocycles. The van der Waals surface area contributed by atoms with Gasteiger partial charge in [0, 0.05) is 22.3 Å². The van der Waals surface area contributed by atoms with Gasteiger partial charge in [0.15, 0.2) is 0 Å². The molecule has 0 fully saturated rings. The van der Waals surface area contributed by atoms with Crippen LogP contribution in [-0.4, -0.2) is 4.70 Å². The van der Waals surface area contributed by atoms with Crippen molar-refractivity contribution in [3.05, 3.63) is 85.5 Å². The summed E-state index contributed by atoms with van der Waals surface area (Å²) in [4.78, 5) is 0. The molecule has 56 heavy (non-hydrogen) atoms. The van der Waals surface area contributed by atoms with Crippen LogP contribution in [0.2, 0.25) is 0 Å². The third-order valence-corrected chi connectivity index (χ3v) is 12.5. The summed E-state index contributed by atoms with van der Waals surface area (Å²) in [5.74, 6) is 0. The highest BCUT2D eigenvalue weighted by molar-refractivity contribution is 5.83. The second-order valence-corrected chi connectivity index (χ2v) is 17.5. The van der Waals surface area contributed by atoms with E-state index in [4.69, 9.17) is 0 Å². The Morgan fingerprint density at radius 1 is 0.321 bits per heavy atom. The maximum Gasteiger partial charge on any atom is 0.211 e. The Morgan fingerprint density at radius 2 is 0.589 bits per heavy atom. The maximum atomic E-state index is 12.9. The third kappa shape index (κ3) is 14.4. The molecule has 0 saturated heterocycles. The molecule has 0 aliphatic carbocycles. The Kier molecular flexibility index (Phi) is 24.0. The average Bonchev–Trinajstić information content (AvgIpc) is 3.46. The van der Waals surface area contributed by atoms with Gasteiger partial charge in [-0.3, -0.25) is 0 Å². The average molecular weight is 765 g/mol. The molecule has 0 bridgehead atoms. The first kappa shape index (κ1) is 47.9. The summed E-state index contributed by atoms with van der Waals surface area (Å²) >= 11 is 0. The molecule has 2 nitrogen and oxygen atoms in total. The molecule has 0 amide bonds. The summed E-state index contributed by atoms with van der Waals surface area (Å²) in [5, 5.41) is 0. The van der Waals surface area contributed by atoms with Gasteiger partial charge < -0.3 is 5.53 Å². The van der Waals surface area contributed by atoms with Crippen LogP contribution in [0.5, 0.6) is 0 Å². The van der Waals surface area contributed by atoms with Gasteiger partial charge in [-0.05, 0) is 135 Å². The molecule has 0 unspecified atom stereocenters. The predicted octanol–water partition coefficient (Wildman–Crippen LogP) is 17.6. The van der Waals surface area contributed by atoms with E-state index in [1.807, 2.05) is 0 Å². The molecule has 0 atom stereocenters. The summed E-state index contributed by atoms with van der Waals surface area (Å²) in [7, 11) is 0. The Morgan fingerprint density at radius 3 is 0.893 bits per heavy atom. The second-order valence-electron chi connectivity index (χ2n) is 17.5. The van der Waals surface area contributed by atoms with E-state index in [1.54, 1.807) is 15.8 Å². The molecule has 314 valence electrons. The lowest BCUT2D eigenvalue weighted by molar-refractivity contribution is -0.345. The van der Waals surface area contributed by atoms with Crippen molar-refractivity contribution in [2.75, 3.05) is 0 Å². The lowest BCUT2D eigenvalue weighted by atomic mass is 9.86.